The van der Waals surface area contributed by atoms with Gasteiger partial charge in [-0.1, -0.05) is 18.9 Å². The first-order valence-electron chi connectivity index (χ1n) is 13.5. The number of Topliss-reactive ketones (excluding diaryl/α,β-unsaturated/α-hetero) is 1. The zero-order valence-corrected chi connectivity index (χ0v) is 22.0. The molecule has 2 fully saturated rings. The first-order valence-corrected chi connectivity index (χ1v) is 13.5. The standard InChI is InChI=1S/C28H35N7O2/c1-17-22-14-29-28(32-26(22)35(20-6-4-5-7-20)27(37)25(17)18(2)36)31-24-9-8-19-15-34(13-11-23(19)30-24)21-10-12-33(3)16-21/h8-9,14,20-21H,4-7,10-13,15-16H2,1-3H3,(H,29,30,31,32). The van der Waals surface area contributed by atoms with Crippen molar-refractivity contribution in [2.24, 2.45) is 0 Å². The molecule has 3 aromatic rings. The second-order valence-electron chi connectivity index (χ2n) is 11.0. The quantitative estimate of drug-likeness (QED) is 0.530. The lowest BCUT2D eigenvalue weighted by Crippen LogP contribution is -2.40. The zero-order valence-electron chi connectivity index (χ0n) is 22.0. The van der Waals surface area contributed by atoms with Gasteiger partial charge in [-0.15, -0.1) is 0 Å². The third-order valence-electron chi connectivity index (χ3n) is 8.45. The Labute approximate surface area is 216 Å². The summed E-state index contributed by atoms with van der Waals surface area (Å²) in [5.41, 5.74) is 3.66. The highest BCUT2D eigenvalue weighted by Crippen LogP contribution is 2.32. The number of carbonyl (C=O) groups excluding carboxylic acids is 1. The number of likely N-dealkylation sites (tertiary alicyclic amines) is 1. The number of likely N-dealkylation sites (N-methyl/N-ethyl adjacent to an activating group) is 1. The molecular weight excluding hydrogens is 466 g/mol. The maximum Gasteiger partial charge on any atom is 0.263 e. The van der Waals surface area contributed by atoms with Gasteiger partial charge in [0.15, 0.2) is 5.78 Å². The van der Waals surface area contributed by atoms with Gasteiger partial charge in [0.1, 0.15) is 11.5 Å². The predicted octanol–water partition coefficient (Wildman–Crippen LogP) is 3.62. The van der Waals surface area contributed by atoms with Crippen LogP contribution in [0.2, 0.25) is 0 Å². The first kappa shape index (κ1) is 24.2. The SMILES string of the molecule is CC(=O)c1c(C)c2cnc(Nc3ccc4c(n3)CCN(C3CCN(C)C3)C4)nc2n(C2CCCC2)c1=O. The maximum absolute atomic E-state index is 13.4. The second-order valence-corrected chi connectivity index (χ2v) is 11.0. The number of hydrogen-bond acceptors (Lipinski definition) is 8. The minimum atomic E-state index is -0.237. The Morgan fingerprint density at radius 2 is 1.89 bits per heavy atom. The van der Waals surface area contributed by atoms with Crippen LogP contribution in [0.15, 0.2) is 23.1 Å². The lowest BCUT2D eigenvalue weighted by molar-refractivity contribution is 0.101. The van der Waals surface area contributed by atoms with Gasteiger partial charge in [0.05, 0.1) is 5.56 Å². The molecule has 0 amide bonds. The molecule has 6 rings (SSSR count). The van der Waals surface area contributed by atoms with E-state index in [0.29, 0.717) is 29.0 Å². The number of anilines is 2. The molecule has 0 spiro atoms. The van der Waals surface area contributed by atoms with Crippen LogP contribution >= 0.6 is 0 Å². The molecule has 1 unspecified atom stereocenters. The first-order chi connectivity index (χ1) is 17.9. The lowest BCUT2D eigenvalue weighted by Gasteiger charge is -2.33. The highest BCUT2D eigenvalue weighted by Gasteiger charge is 2.29. The van der Waals surface area contributed by atoms with E-state index in [9.17, 15) is 9.59 Å². The van der Waals surface area contributed by atoms with Crippen molar-refractivity contribution in [2.75, 3.05) is 32.0 Å². The summed E-state index contributed by atoms with van der Waals surface area (Å²) in [5, 5.41) is 4.02. The molecule has 5 heterocycles. The number of fused-ring (bicyclic) bond motifs is 2. The number of aryl methyl sites for hydroxylation is 1. The second kappa shape index (κ2) is 9.61. The predicted molar refractivity (Wildman–Crippen MR) is 144 cm³/mol. The van der Waals surface area contributed by atoms with Crippen LogP contribution in [0, 0.1) is 6.92 Å². The van der Waals surface area contributed by atoms with E-state index in [4.69, 9.17) is 9.97 Å². The van der Waals surface area contributed by atoms with Gasteiger partial charge in [-0.05, 0) is 63.9 Å². The molecule has 1 aliphatic carbocycles. The summed E-state index contributed by atoms with van der Waals surface area (Å²) in [7, 11) is 2.20. The van der Waals surface area contributed by atoms with Gasteiger partial charge in [0.2, 0.25) is 5.95 Å². The molecular formula is C28H35N7O2. The van der Waals surface area contributed by atoms with E-state index in [0.717, 1.165) is 62.8 Å². The van der Waals surface area contributed by atoms with Crippen molar-refractivity contribution in [1.29, 1.82) is 0 Å². The van der Waals surface area contributed by atoms with E-state index in [1.54, 1.807) is 10.8 Å². The zero-order chi connectivity index (χ0) is 25.7. The van der Waals surface area contributed by atoms with Crippen LogP contribution in [0.3, 0.4) is 0 Å². The van der Waals surface area contributed by atoms with Crippen LogP contribution in [0.5, 0.6) is 0 Å². The van der Waals surface area contributed by atoms with Crippen molar-refractivity contribution in [3.63, 3.8) is 0 Å². The number of nitrogens with zero attached hydrogens (tertiary/aromatic N) is 6. The Bertz CT molecular complexity index is 1430. The molecule has 3 aromatic heterocycles. The fourth-order valence-corrected chi connectivity index (χ4v) is 6.45. The van der Waals surface area contributed by atoms with Gasteiger partial charge < -0.3 is 10.2 Å². The third-order valence-corrected chi connectivity index (χ3v) is 8.45. The van der Waals surface area contributed by atoms with Crippen molar-refractivity contribution in [1.82, 2.24) is 29.3 Å². The molecule has 3 aliphatic rings. The molecule has 1 saturated heterocycles. The molecule has 0 aromatic carbocycles. The van der Waals surface area contributed by atoms with E-state index >= 15 is 0 Å². The molecule has 9 nitrogen and oxygen atoms in total. The van der Waals surface area contributed by atoms with Crippen molar-refractivity contribution in [2.45, 2.75) is 71.0 Å². The van der Waals surface area contributed by atoms with E-state index in [1.165, 1.54) is 25.5 Å². The largest absolute Gasteiger partial charge is 0.309 e. The smallest absolute Gasteiger partial charge is 0.263 e. The molecule has 9 heteroatoms. The van der Waals surface area contributed by atoms with Gasteiger partial charge in [-0.2, -0.15) is 4.98 Å². The van der Waals surface area contributed by atoms with Gasteiger partial charge >= 0.3 is 0 Å². The topological polar surface area (TPSA) is 96.2 Å². The van der Waals surface area contributed by atoms with Crippen molar-refractivity contribution in [3.8, 4) is 0 Å². The Morgan fingerprint density at radius 3 is 2.62 bits per heavy atom. The Balaban J connectivity index is 1.30. The summed E-state index contributed by atoms with van der Waals surface area (Å²) >= 11 is 0. The Morgan fingerprint density at radius 1 is 1.08 bits per heavy atom. The Kier molecular flexibility index (Phi) is 6.28. The molecule has 0 radical (unpaired) electrons. The minimum absolute atomic E-state index is 0.0564. The minimum Gasteiger partial charge on any atom is -0.309 e. The van der Waals surface area contributed by atoms with E-state index in [1.807, 2.05) is 13.0 Å². The normalized spacial score (nSPS) is 21.0. The molecule has 1 saturated carbocycles. The van der Waals surface area contributed by atoms with Crippen molar-refractivity contribution >= 4 is 28.6 Å². The van der Waals surface area contributed by atoms with Gasteiger partial charge in [0, 0.05) is 55.4 Å². The van der Waals surface area contributed by atoms with E-state index in [2.05, 4.69) is 33.2 Å². The summed E-state index contributed by atoms with van der Waals surface area (Å²) in [6.45, 7) is 7.55. The number of pyridine rings is 2. The molecule has 2 aliphatic heterocycles. The Hall–Kier alpha value is -3.17. The molecule has 0 bridgehead atoms. The molecule has 37 heavy (non-hydrogen) atoms. The average Bonchev–Trinajstić information content (AvgIpc) is 3.56. The van der Waals surface area contributed by atoms with Gasteiger partial charge in [-0.3, -0.25) is 19.1 Å². The van der Waals surface area contributed by atoms with Crippen LogP contribution in [-0.4, -0.2) is 67.8 Å². The van der Waals surface area contributed by atoms with Crippen LogP contribution in [0.25, 0.3) is 11.0 Å². The third kappa shape index (κ3) is 4.44. The lowest BCUT2D eigenvalue weighted by atomic mass is 10.0. The number of rotatable bonds is 5. The van der Waals surface area contributed by atoms with Crippen LogP contribution < -0.4 is 10.9 Å². The number of carbonyl (C=O) groups is 1. The molecule has 1 atom stereocenters. The number of nitrogens with one attached hydrogen (secondary N) is 1. The highest BCUT2D eigenvalue weighted by atomic mass is 16.1. The number of ketones is 1. The summed E-state index contributed by atoms with van der Waals surface area (Å²) in [6.07, 6.45) is 7.88. The fourth-order valence-electron chi connectivity index (χ4n) is 6.45. The van der Waals surface area contributed by atoms with Gasteiger partial charge in [-0.25, -0.2) is 9.97 Å². The highest BCUT2D eigenvalue weighted by molar-refractivity contribution is 5.99. The summed E-state index contributed by atoms with van der Waals surface area (Å²) < 4.78 is 1.74. The van der Waals surface area contributed by atoms with Gasteiger partial charge in [0.25, 0.3) is 5.56 Å². The average molecular weight is 502 g/mol. The number of hydrogen-bond donors (Lipinski definition) is 1. The van der Waals surface area contributed by atoms with E-state index in [-0.39, 0.29) is 22.9 Å². The monoisotopic (exact) mass is 501 g/mol. The fraction of sp³-hybridized carbons (Fsp3) is 0.536. The maximum atomic E-state index is 13.4. The van der Waals surface area contributed by atoms with E-state index < -0.39 is 0 Å². The number of aromatic nitrogens is 4. The van der Waals surface area contributed by atoms with Crippen LogP contribution in [0.1, 0.15) is 72.2 Å². The molecule has 1 N–H and O–H groups in total. The van der Waals surface area contributed by atoms with Crippen molar-refractivity contribution in [3.05, 3.63) is 51.1 Å². The van der Waals surface area contributed by atoms with Crippen LogP contribution in [0.4, 0.5) is 11.8 Å². The van der Waals surface area contributed by atoms with Crippen molar-refractivity contribution < 1.29 is 4.79 Å². The summed E-state index contributed by atoms with van der Waals surface area (Å²) in [6, 6.07) is 4.84. The molecule has 194 valence electrons. The van der Waals surface area contributed by atoms with Crippen LogP contribution in [-0.2, 0) is 13.0 Å². The summed E-state index contributed by atoms with van der Waals surface area (Å²) in [5.74, 6) is 0.904. The summed E-state index contributed by atoms with van der Waals surface area (Å²) in [4.78, 5) is 45.0.